The van der Waals surface area contributed by atoms with E-state index in [1.54, 1.807) is 24.3 Å². The van der Waals surface area contributed by atoms with Gasteiger partial charge in [0.05, 0.1) is 24.0 Å². The van der Waals surface area contributed by atoms with Crippen LogP contribution in [0.25, 0.3) is 0 Å². The molecule has 4 heteroatoms. The van der Waals surface area contributed by atoms with E-state index >= 15 is 0 Å². The average molecular weight is 280 g/mol. The predicted octanol–water partition coefficient (Wildman–Crippen LogP) is 2.51. The molecule has 0 aliphatic carbocycles. The topological polar surface area (TPSA) is 52.6 Å². The van der Waals surface area contributed by atoms with Crippen molar-refractivity contribution >= 4 is 11.9 Å². The second-order valence-electron chi connectivity index (χ2n) is 5.36. The van der Waals surface area contributed by atoms with Crippen LogP contribution in [-0.4, -0.2) is 17.7 Å². The zero-order valence-corrected chi connectivity index (χ0v) is 11.2. The van der Waals surface area contributed by atoms with Gasteiger partial charge in [0, 0.05) is 0 Å². The van der Waals surface area contributed by atoms with Crippen molar-refractivity contribution in [1.82, 2.24) is 0 Å². The number of esters is 2. The summed E-state index contributed by atoms with van der Waals surface area (Å²) in [5.41, 5.74) is 2.78. The highest BCUT2D eigenvalue weighted by atomic mass is 16.7. The average Bonchev–Trinajstić information content (AvgIpc) is 2.47. The Bertz CT molecular complexity index is 697. The summed E-state index contributed by atoms with van der Waals surface area (Å²) in [5.74, 6) is -2.09. The maximum absolute atomic E-state index is 12.2. The summed E-state index contributed by atoms with van der Waals surface area (Å²) in [6.45, 7) is 0. The summed E-state index contributed by atoms with van der Waals surface area (Å²) in [6, 6.07) is 14.5. The lowest BCUT2D eigenvalue weighted by Crippen LogP contribution is -2.49. The monoisotopic (exact) mass is 280 g/mol. The van der Waals surface area contributed by atoms with Gasteiger partial charge in [-0.25, -0.2) is 9.59 Å². The lowest BCUT2D eigenvalue weighted by atomic mass is 9.88. The summed E-state index contributed by atoms with van der Waals surface area (Å²) in [4.78, 5) is 24.3. The number of carbonyl (C=O) groups excluding carboxylic acids is 2. The van der Waals surface area contributed by atoms with Crippen molar-refractivity contribution in [3.05, 3.63) is 70.8 Å². The van der Waals surface area contributed by atoms with Crippen LogP contribution in [0.2, 0.25) is 0 Å². The van der Waals surface area contributed by atoms with Crippen LogP contribution in [0.1, 0.15) is 31.8 Å². The summed E-state index contributed by atoms with van der Waals surface area (Å²) < 4.78 is 11.0. The van der Waals surface area contributed by atoms with E-state index in [0.717, 1.165) is 11.1 Å². The molecule has 0 aromatic heterocycles. The van der Waals surface area contributed by atoms with E-state index in [1.807, 2.05) is 24.3 Å². The van der Waals surface area contributed by atoms with Crippen LogP contribution < -0.4 is 0 Å². The second kappa shape index (κ2) is 4.19. The summed E-state index contributed by atoms with van der Waals surface area (Å²) in [7, 11) is 0. The van der Waals surface area contributed by atoms with Gasteiger partial charge >= 0.3 is 11.9 Å². The first-order valence-electron chi connectivity index (χ1n) is 6.79. The molecule has 2 aromatic carbocycles. The maximum Gasteiger partial charge on any atom is 0.341 e. The van der Waals surface area contributed by atoms with Gasteiger partial charge in [-0.2, -0.15) is 0 Å². The first kappa shape index (κ1) is 12.1. The number of ether oxygens (including phenoxy) is 2. The van der Waals surface area contributed by atoms with E-state index in [1.165, 1.54) is 0 Å². The summed E-state index contributed by atoms with van der Waals surface area (Å²) in [5, 5.41) is 0. The zero-order valence-electron chi connectivity index (χ0n) is 11.2. The van der Waals surface area contributed by atoms with E-state index in [2.05, 4.69) is 0 Å². The van der Waals surface area contributed by atoms with Gasteiger partial charge in [-0.05, 0) is 23.3 Å². The Kier molecular flexibility index (Phi) is 2.42. The summed E-state index contributed by atoms with van der Waals surface area (Å²) >= 11 is 0. The van der Waals surface area contributed by atoms with Gasteiger partial charge < -0.3 is 9.47 Å². The highest BCUT2D eigenvalue weighted by molar-refractivity contribution is 5.95. The first-order valence-corrected chi connectivity index (χ1v) is 6.79. The van der Waals surface area contributed by atoms with E-state index in [-0.39, 0.29) is 0 Å². The Hall–Kier alpha value is -2.62. The molecule has 0 bridgehead atoms. The van der Waals surface area contributed by atoms with Crippen LogP contribution in [0, 0.1) is 0 Å². The van der Waals surface area contributed by atoms with Crippen molar-refractivity contribution in [3.8, 4) is 0 Å². The molecule has 2 aromatic rings. The SMILES string of the molecule is O=C1OC2(Cc3ccccc31)Cc1ccccc1C(=O)O2. The molecule has 4 nitrogen and oxygen atoms in total. The molecule has 2 heterocycles. The quantitative estimate of drug-likeness (QED) is 0.696. The molecule has 0 saturated heterocycles. The van der Waals surface area contributed by atoms with Crippen molar-refractivity contribution in [3.63, 3.8) is 0 Å². The van der Waals surface area contributed by atoms with Gasteiger partial charge in [-0.3, -0.25) is 0 Å². The standard InChI is InChI=1S/C17H12O4/c18-15-13-7-3-1-5-11(13)9-17(20-15)10-12-6-2-4-8-14(12)16(19)21-17/h1-8H,9-10H2. The molecular weight excluding hydrogens is 268 g/mol. The van der Waals surface area contributed by atoms with Crippen LogP contribution >= 0.6 is 0 Å². The molecule has 0 N–H and O–H groups in total. The van der Waals surface area contributed by atoms with E-state index in [0.29, 0.717) is 24.0 Å². The number of carbonyl (C=O) groups is 2. The van der Waals surface area contributed by atoms with E-state index < -0.39 is 17.7 Å². The Balaban J connectivity index is 1.78. The van der Waals surface area contributed by atoms with Crippen molar-refractivity contribution in [2.75, 3.05) is 0 Å². The molecule has 4 rings (SSSR count). The van der Waals surface area contributed by atoms with Crippen LogP contribution in [0.4, 0.5) is 0 Å². The van der Waals surface area contributed by atoms with Crippen LogP contribution in [0.5, 0.6) is 0 Å². The van der Waals surface area contributed by atoms with E-state index in [9.17, 15) is 9.59 Å². The predicted molar refractivity (Wildman–Crippen MR) is 73.9 cm³/mol. The fraction of sp³-hybridized carbons (Fsp3) is 0.176. The van der Waals surface area contributed by atoms with Gasteiger partial charge in [0.15, 0.2) is 0 Å². The van der Waals surface area contributed by atoms with Gasteiger partial charge in [0.2, 0.25) is 0 Å². The van der Waals surface area contributed by atoms with Crippen LogP contribution in [0.3, 0.4) is 0 Å². The molecule has 2 aliphatic rings. The molecule has 0 saturated carbocycles. The number of hydrogen-bond donors (Lipinski definition) is 0. The van der Waals surface area contributed by atoms with Gasteiger partial charge in [-0.1, -0.05) is 36.4 Å². The first-order chi connectivity index (χ1) is 10.2. The second-order valence-corrected chi connectivity index (χ2v) is 5.36. The minimum absolute atomic E-state index is 0.384. The largest absolute Gasteiger partial charge is 0.418 e. The fourth-order valence-electron chi connectivity index (χ4n) is 3.00. The smallest absolute Gasteiger partial charge is 0.341 e. The van der Waals surface area contributed by atoms with Crippen molar-refractivity contribution in [2.24, 2.45) is 0 Å². The van der Waals surface area contributed by atoms with Gasteiger partial charge in [-0.15, -0.1) is 0 Å². The highest BCUT2D eigenvalue weighted by Crippen LogP contribution is 2.36. The minimum Gasteiger partial charge on any atom is -0.418 e. The number of benzene rings is 2. The van der Waals surface area contributed by atoms with Crippen molar-refractivity contribution < 1.29 is 19.1 Å². The molecule has 1 spiro atoms. The molecule has 0 radical (unpaired) electrons. The van der Waals surface area contributed by atoms with Crippen LogP contribution in [-0.2, 0) is 22.3 Å². The molecular formula is C17H12O4. The Labute approximate surface area is 121 Å². The molecule has 0 unspecified atom stereocenters. The number of fused-ring (bicyclic) bond motifs is 2. The maximum atomic E-state index is 12.2. The van der Waals surface area contributed by atoms with Crippen LogP contribution in [0.15, 0.2) is 48.5 Å². The van der Waals surface area contributed by atoms with E-state index in [4.69, 9.17) is 9.47 Å². The summed E-state index contributed by atoms with van der Waals surface area (Å²) in [6.07, 6.45) is 0.768. The molecule has 0 amide bonds. The zero-order chi connectivity index (χ0) is 14.4. The molecule has 2 aliphatic heterocycles. The molecule has 21 heavy (non-hydrogen) atoms. The van der Waals surface area contributed by atoms with Crippen molar-refractivity contribution in [1.29, 1.82) is 0 Å². The van der Waals surface area contributed by atoms with Crippen molar-refractivity contribution in [2.45, 2.75) is 18.6 Å². The molecule has 104 valence electrons. The molecule has 0 atom stereocenters. The lowest BCUT2D eigenvalue weighted by Gasteiger charge is -2.39. The third-order valence-electron chi connectivity index (χ3n) is 3.95. The Morgan fingerprint density at radius 3 is 1.62 bits per heavy atom. The fourth-order valence-corrected chi connectivity index (χ4v) is 3.00. The Morgan fingerprint density at radius 1 is 0.714 bits per heavy atom. The minimum atomic E-state index is -1.21. The van der Waals surface area contributed by atoms with Gasteiger partial charge in [0.25, 0.3) is 5.79 Å². The number of rotatable bonds is 0. The Morgan fingerprint density at radius 2 is 1.14 bits per heavy atom. The van der Waals surface area contributed by atoms with Gasteiger partial charge in [0.1, 0.15) is 0 Å². The lowest BCUT2D eigenvalue weighted by molar-refractivity contribution is -0.175. The molecule has 0 fully saturated rings. The normalized spacial score (nSPS) is 18.5. The number of hydrogen-bond acceptors (Lipinski definition) is 4. The third-order valence-corrected chi connectivity index (χ3v) is 3.95. The third kappa shape index (κ3) is 1.83. The highest BCUT2D eigenvalue weighted by Gasteiger charge is 2.47.